The van der Waals surface area contributed by atoms with Crippen molar-refractivity contribution in [2.75, 3.05) is 18.0 Å². The van der Waals surface area contributed by atoms with Gasteiger partial charge in [-0.3, -0.25) is 9.36 Å². The normalized spacial score (nSPS) is 17.6. The predicted molar refractivity (Wildman–Crippen MR) is 67.9 cm³/mol. The van der Waals surface area contributed by atoms with Crippen LogP contribution in [0.5, 0.6) is 0 Å². The van der Waals surface area contributed by atoms with Gasteiger partial charge in [0.1, 0.15) is 5.69 Å². The first-order chi connectivity index (χ1) is 9.21. The summed E-state index contributed by atoms with van der Waals surface area (Å²) in [7, 11) is 2.87. The number of halogens is 3. The molecule has 0 atom stereocenters. The molecule has 1 fully saturated rings. The van der Waals surface area contributed by atoms with E-state index in [1.807, 2.05) is 0 Å². The average molecular weight is 291 g/mol. The van der Waals surface area contributed by atoms with Crippen LogP contribution in [0.25, 0.3) is 0 Å². The maximum Gasteiger partial charge on any atom is 0.391 e. The van der Waals surface area contributed by atoms with Gasteiger partial charge in [0.25, 0.3) is 5.56 Å². The fraction of sp³-hybridized carbons (Fsp3) is 0.667. The number of aromatic nitrogens is 2. The van der Waals surface area contributed by atoms with Gasteiger partial charge in [0.2, 0.25) is 0 Å². The van der Waals surface area contributed by atoms with Gasteiger partial charge in [-0.2, -0.15) is 13.2 Å². The largest absolute Gasteiger partial charge is 0.391 e. The maximum atomic E-state index is 12.6. The topological polar surface area (TPSA) is 47.2 Å². The standard InChI is InChI=1S/C12H16F3N3O2/c1-16-7-9(10(19)17(2)11(16)20)18-5-3-8(4-6-18)12(13,14)15/h7-8H,3-6H2,1-2H3. The highest BCUT2D eigenvalue weighted by Gasteiger charge is 2.41. The van der Waals surface area contributed by atoms with Crippen LogP contribution in [-0.4, -0.2) is 28.4 Å². The molecule has 20 heavy (non-hydrogen) atoms. The lowest BCUT2D eigenvalue weighted by Gasteiger charge is -2.34. The van der Waals surface area contributed by atoms with Crippen molar-refractivity contribution in [2.45, 2.75) is 19.0 Å². The Hall–Kier alpha value is -1.73. The number of piperidine rings is 1. The van der Waals surface area contributed by atoms with E-state index >= 15 is 0 Å². The molecule has 1 saturated heterocycles. The Morgan fingerprint density at radius 2 is 1.70 bits per heavy atom. The average Bonchev–Trinajstić information content (AvgIpc) is 2.40. The van der Waals surface area contributed by atoms with Crippen LogP contribution in [0.1, 0.15) is 12.8 Å². The van der Waals surface area contributed by atoms with Gasteiger partial charge in [-0.1, -0.05) is 0 Å². The summed E-state index contributed by atoms with van der Waals surface area (Å²) >= 11 is 0. The van der Waals surface area contributed by atoms with E-state index < -0.39 is 23.3 Å². The summed E-state index contributed by atoms with van der Waals surface area (Å²) < 4.78 is 40.0. The Balaban J connectivity index is 2.24. The Labute approximate surface area is 113 Å². The lowest BCUT2D eigenvalue weighted by molar-refractivity contribution is -0.179. The van der Waals surface area contributed by atoms with Gasteiger partial charge in [-0.05, 0) is 12.8 Å². The highest BCUT2D eigenvalue weighted by atomic mass is 19.4. The fourth-order valence-corrected chi connectivity index (χ4v) is 2.45. The van der Waals surface area contributed by atoms with E-state index in [2.05, 4.69) is 0 Å². The molecule has 1 aliphatic rings. The number of hydrogen-bond acceptors (Lipinski definition) is 3. The molecule has 2 rings (SSSR count). The van der Waals surface area contributed by atoms with Crippen molar-refractivity contribution < 1.29 is 13.2 Å². The number of rotatable bonds is 1. The zero-order valence-electron chi connectivity index (χ0n) is 11.3. The van der Waals surface area contributed by atoms with E-state index in [9.17, 15) is 22.8 Å². The third kappa shape index (κ3) is 2.59. The SMILES string of the molecule is Cn1cc(N2CCC(C(F)(F)F)CC2)c(=O)n(C)c1=O. The zero-order chi connectivity index (χ0) is 15.1. The second-order valence-electron chi connectivity index (χ2n) is 5.07. The van der Waals surface area contributed by atoms with Crippen LogP contribution >= 0.6 is 0 Å². The summed E-state index contributed by atoms with van der Waals surface area (Å²) in [4.78, 5) is 25.2. The number of anilines is 1. The van der Waals surface area contributed by atoms with Gasteiger partial charge >= 0.3 is 11.9 Å². The fourth-order valence-electron chi connectivity index (χ4n) is 2.45. The van der Waals surface area contributed by atoms with E-state index in [1.165, 1.54) is 24.9 Å². The Morgan fingerprint density at radius 1 is 1.15 bits per heavy atom. The van der Waals surface area contributed by atoms with Crippen LogP contribution in [0.15, 0.2) is 15.8 Å². The molecule has 0 radical (unpaired) electrons. The summed E-state index contributed by atoms with van der Waals surface area (Å²) in [6.45, 7) is 0.329. The molecule has 8 heteroatoms. The summed E-state index contributed by atoms with van der Waals surface area (Å²) in [5, 5.41) is 0. The van der Waals surface area contributed by atoms with E-state index in [4.69, 9.17) is 0 Å². The van der Waals surface area contributed by atoms with Crippen molar-refractivity contribution >= 4 is 5.69 Å². The molecular formula is C12H16F3N3O2. The molecule has 0 aromatic carbocycles. The van der Waals surface area contributed by atoms with Gasteiger partial charge < -0.3 is 9.47 Å². The number of nitrogens with zero attached hydrogens (tertiary/aromatic N) is 3. The third-order valence-corrected chi connectivity index (χ3v) is 3.73. The highest BCUT2D eigenvalue weighted by molar-refractivity contribution is 5.42. The van der Waals surface area contributed by atoms with Gasteiger partial charge in [0, 0.05) is 33.4 Å². The molecule has 5 nitrogen and oxygen atoms in total. The van der Waals surface area contributed by atoms with Crippen molar-refractivity contribution in [3.8, 4) is 0 Å². The molecular weight excluding hydrogens is 275 g/mol. The molecule has 2 heterocycles. The molecule has 0 N–H and O–H groups in total. The summed E-state index contributed by atoms with van der Waals surface area (Å²) in [6, 6.07) is 0. The van der Waals surface area contributed by atoms with Crippen molar-refractivity contribution in [1.82, 2.24) is 9.13 Å². The van der Waals surface area contributed by atoms with Crippen LogP contribution in [0.3, 0.4) is 0 Å². The van der Waals surface area contributed by atoms with Crippen LogP contribution in [0.4, 0.5) is 18.9 Å². The molecule has 0 spiro atoms. The first-order valence-corrected chi connectivity index (χ1v) is 6.30. The van der Waals surface area contributed by atoms with Crippen LogP contribution in [0, 0.1) is 5.92 Å². The van der Waals surface area contributed by atoms with Crippen molar-refractivity contribution in [2.24, 2.45) is 20.0 Å². The Morgan fingerprint density at radius 3 is 2.20 bits per heavy atom. The van der Waals surface area contributed by atoms with Gasteiger partial charge in [-0.15, -0.1) is 0 Å². The van der Waals surface area contributed by atoms with Gasteiger partial charge in [0.05, 0.1) is 5.92 Å². The second-order valence-corrected chi connectivity index (χ2v) is 5.07. The number of hydrogen-bond donors (Lipinski definition) is 0. The molecule has 1 aliphatic heterocycles. The smallest absolute Gasteiger partial charge is 0.366 e. The molecule has 0 bridgehead atoms. The summed E-state index contributed by atoms with van der Waals surface area (Å²) in [5.41, 5.74) is -0.655. The quantitative estimate of drug-likeness (QED) is 0.771. The van der Waals surface area contributed by atoms with Gasteiger partial charge in [0.15, 0.2) is 0 Å². The highest BCUT2D eigenvalue weighted by Crippen LogP contribution is 2.34. The maximum absolute atomic E-state index is 12.6. The Bertz CT molecular complexity index is 610. The minimum atomic E-state index is -4.18. The van der Waals surface area contributed by atoms with E-state index in [1.54, 1.807) is 4.90 Å². The minimum Gasteiger partial charge on any atom is -0.366 e. The summed E-state index contributed by atoms with van der Waals surface area (Å²) in [6.07, 6.45) is -2.86. The molecule has 0 unspecified atom stereocenters. The molecule has 0 saturated carbocycles. The number of aryl methyl sites for hydroxylation is 1. The van der Waals surface area contributed by atoms with Gasteiger partial charge in [-0.25, -0.2) is 4.79 Å². The van der Waals surface area contributed by atoms with E-state index in [0.29, 0.717) is 0 Å². The first kappa shape index (κ1) is 14.7. The minimum absolute atomic E-state index is 0.0322. The molecule has 0 aliphatic carbocycles. The zero-order valence-corrected chi connectivity index (χ0v) is 11.3. The third-order valence-electron chi connectivity index (χ3n) is 3.73. The van der Waals surface area contributed by atoms with E-state index in [-0.39, 0.29) is 31.6 Å². The molecule has 112 valence electrons. The monoisotopic (exact) mass is 291 g/mol. The Kier molecular flexibility index (Phi) is 3.66. The molecule has 1 aromatic heterocycles. The lowest BCUT2D eigenvalue weighted by atomic mass is 9.96. The van der Waals surface area contributed by atoms with Crippen molar-refractivity contribution in [3.63, 3.8) is 0 Å². The number of alkyl halides is 3. The van der Waals surface area contributed by atoms with Crippen molar-refractivity contribution in [1.29, 1.82) is 0 Å². The van der Waals surface area contributed by atoms with E-state index in [0.717, 1.165) is 4.57 Å². The molecule has 1 aromatic rings. The lowest BCUT2D eigenvalue weighted by Crippen LogP contribution is -2.45. The second kappa shape index (κ2) is 4.99. The first-order valence-electron chi connectivity index (χ1n) is 6.30. The summed E-state index contributed by atoms with van der Waals surface area (Å²) in [5.74, 6) is -1.31. The van der Waals surface area contributed by atoms with Crippen LogP contribution in [0.2, 0.25) is 0 Å². The molecule has 0 amide bonds. The van der Waals surface area contributed by atoms with Crippen LogP contribution in [-0.2, 0) is 14.1 Å². The predicted octanol–water partition coefficient (Wildman–Crippen LogP) is 0.863. The van der Waals surface area contributed by atoms with Crippen LogP contribution < -0.4 is 16.1 Å². The van der Waals surface area contributed by atoms with Crippen molar-refractivity contribution in [3.05, 3.63) is 27.0 Å².